The van der Waals surface area contributed by atoms with E-state index in [4.69, 9.17) is 11.6 Å². The SMILES string of the molecule is O=Cc1c(N2CCNCC2)n(-c2ccc(F)c(Cl)c2)c2ccccc12. The Morgan fingerprint density at radius 3 is 2.60 bits per heavy atom. The van der Waals surface area contributed by atoms with Crippen LogP contribution >= 0.6 is 11.6 Å². The number of aromatic nitrogens is 1. The van der Waals surface area contributed by atoms with Gasteiger partial charge in [-0.15, -0.1) is 0 Å². The Morgan fingerprint density at radius 1 is 1.12 bits per heavy atom. The maximum atomic E-state index is 13.6. The number of para-hydroxylation sites is 1. The van der Waals surface area contributed by atoms with E-state index in [9.17, 15) is 9.18 Å². The van der Waals surface area contributed by atoms with Gasteiger partial charge >= 0.3 is 0 Å². The molecule has 0 atom stereocenters. The number of hydrogen-bond acceptors (Lipinski definition) is 3. The van der Waals surface area contributed by atoms with Crippen LogP contribution in [0.4, 0.5) is 10.2 Å². The fourth-order valence-electron chi connectivity index (χ4n) is 3.44. The van der Waals surface area contributed by atoms with Crippen LogP contribution in [0, 0.1) is 5.82 Å². The van der Waals surface area contributed by atoms with Crippen LogP contribution in [-0.4, -0.2) is 37.0 Å². The van der Waals surface area contributed by atoms with Crippen LogP contribution in [0.3, 0.4) is 0 Å². The lowest BCUT2D eigenvalue weighted by molar-refractivity contribution is 0.112. The van der Waals surface area contributed by atoms with Gasteiger partial charge in [0.1, 0.15) is 11.6 Å². The molecule has 0 saturated carbocycles. The number of carbonyl (C=O) groups is 1. The van der Waals surface area contributed by atoms with E-state index in [0.29, 0.717) is 5.56 Å². The van der Waals surface area contributed by atoms with Gasteiger partial charge in [-0.3, -0.25) is 9.36 Å². The van der Waals surface area contributed by atoms with E-state index in [-0.39, 0.29) is 5.02 Å². The molecule has 1 aliphatic heterocycles. The predicted octanol–water partition coefficient (Wildman–Crippen LogP) is 3.65. The molecular formula is C19H17ClFN3O. The molecule has 0 bridgehead atoms. The average molecular weight is 358 g/mol. The van der Waals surface area contributed by atoms with Crippen molar-refractivity contribution in [1.82, 2.24) is 9.88 Å². The monoisotopic (exact) mass is 357 g/mol. The fourth-order valence-corrected chi connectivity index (χ4v) is 3.62. The summed E-state index contributed by atoms with van der Waals surface area (Å²) in [5.41, 5.74) is 2.29. The van der Waals surface area contributed by atoms with Crippen molar-refractivity contribution in [2.45, 2.75) is 0 Å². The average Bonchev–Trinajstić information content (AvgIpc) is 2.99. The highest BCUT2D eigenvalue weighted by Gasteiger charge is 2.24. The number of halogens is 2. The number of carbonyl (C=O) groups excluding carboxylic acids is 1. The van der Waals surface area contributed by atoms with E-state index in [2.05, 4.69) is 10.2 Å². The molecule has 1 N–H and O–H groups in total. The van der Waals surface area contributed by atoms with Gasteiger partial charge in [0.25, 0.3) is 0 Å². The molecule has 4 rings (SSSR count). The normalized spacial score (nSPS) is 14.9. The number of hydrogen-bond donors (Lipinski definition) is 1. The standard InChI is InChI=1S/C19H17ClFN3O/c20-16-11-13(5-6-17(16)21)24-18-4-2-1-3-14(18)15(12-25)19(24)23-9-7-22-8-10-23/h1-6,11-12,22H,7-10H2. The van der Waals surface area contributed by atoms with Gasteiger partial charge in [0, 0.05) is 37.3 Å². The number of aldehydes is 1. The second-order valence-corrected chi connectivity index (χ2v) is 6.45. The van der Waals surface area contributed by atoms with Crippen LogP contribution in [0.15, 0.2) is 42.5 Å². The summed E-state index contributed by atoms with van der Waals surface area (Å²) >= 11 is 6.01. The number of nitrogens with one attached hydrogen (secondary N) is 1. The summed E-state index contributed by atoms with van der Waals surface area (Å²) < 4.78 is 15.6. The highest BCUT2D eigenvalue weighted by molar-refractivity contribution is 6.30. The molecule has 0 aliphatic carbocycles. The van der Waals surface area contributed by atoms with Crippen molar-refractivity contribution in [3.05, 3.63) is 58.9 Å². The van der Waals surface area contributed by atoms with Crippen molar-refractivity contribution in [2.75, 3.05) is 31.1 Å². The van der Waals surface area contributed by atoms with Crippen molar-refractivity contribution < 1.29 is 9.18 Å². The third-order valence-corrected chi connectivity index (χ3v) is 4.87. The molecule has 0 unspecified atom stereocenters. The molecule has 1 fully saturated rings. The molecule has 128 valence electrons. The van der Waals surface area contributed by atoms with Crippen molar-refractivity contribution >= 4 is 34.6 Å². The number of anilines is 1. The maximum Gasteiger partial charge on any atom is 0.154 e. The molecule has 1 aromatic heterocycles. The first kappa shape index (κ1) is 16.1. The van der Waals surface area contributed by atoms with Gasteiger partial charge in [0.05, 0.1) is 16.1 Å². The van der Waals surface area contributed by atoms with Crippen molar-refractivity contribution in [1.29, 1.82) is 0 Å². The highest BCUT2D eigenvalue weighted by atomic mass is 35.5. The smallest absolute Gasteiger partial charge is 0.154 e. The Balaban J connectivity index is 2.03. The number of piperazine rings is 1. The molecule has 1 saturated heterocycles. The van der Waals surface area contributed by atoms with Crippen LogP contribution < -0.4 is 10.2 Å². The molecule has 0 radical (unpaired) electrons. The maximum absolute atomic E-state index is 13.6. The van der Waals surface area contributed by atoms with Gasteiger partial charge in [0.2, 0.25) is 0 Å². The topological polar surface area (TPSA) is 37.3 Å². The lowest BCUT2D eigenvalue weighted by Crippen LogP contribution is -2.44. The van der Waals surface area contributed by atoms with Crippen LogP contribution in [0.25, 0.3) is 16.6 Å². The van der Waals surface area contributed by atoms with E-state index in [1.807, 2.05) is 28.8 Å². The quantitative estimate of drug-likeness (QED) is 0.727. The molecule has 25 heavy (non-hydrogen) atoms. The van der Waals surface area contributed by atoms with Gasteiger partial charge in [-0.05, 0) is 24.3 Å². The largest absolute Gasteiger partial charge is 0.355 e. The second kappa shape index (κ2) is 6.50. The van der Waals surface area contributed by atoms with Crippen molar-refractivity contribution in [3.63, 3.8) is 0 Å². The Morgan fingerprint density at radius 2 is 1.88 bits per heavy atom. The summed E-state index contributed by atoms with van der Waals surface area (Å²) in [5, 5.41) is 4.27. The third-order valence-electron chi connectivity index (χ3n) is 4.58. The van der Waals surface area contributed by atoms with Gasteiger partial charge in [-0.25, -0.2) is 4.39 Å². The fraction of sp³-hybridized carbons (Fsp3) is 0.211. The molecule has 2 heterocycles. The zero-order valence-corrected chi connectivity index (χ0v) is 14.3. The minimum atomic E-state index is -0.457. The summed E-state index contributed by atoms with van der Waals surface area (Å²) in [6.45, 7) is 3.30. The molecule has 6 heteroatoms. The second-order valence-electron chi connectivity index (χ2n) is 6.04. The molecule has 0 amide bonds. The Labute approximate surface area is 149 Å². The minimum absolute atomic E-state index is 0.0641. The van der Waals surface area contributed by atoms with Crippen LogP contribution in [0.5, 0.6) is 0 Å². The Bertz CT molecular complexity index is 947. The number of benzene rings is 2. The molecular weight excluding hydrogens is 341 g/mol. The molecule has 3 aromatic rings. The summed E-state index contributed by atoms with van der Waals surface area (Å²) in [6, 6.07) is 12.4. The van der Waals surface area contributed by atoms with Crippen LogP contribution in [-0.2, 0) is 0 Å². The summed E-state index contributed by atoms with van der Waals surface area (Å²) in [5.74, 6) is 0.376. The van der Waals surface area contributed by atoms with Gasteiger partial charge in [-0.2, -0.15) is 0 Å². The van der Waals surface area contributed by atoms with Gasteiger partial charge in [0.15, 0.2) is 6.29 Å². The van der Waals surface area contributed by atoms with Crippen LogP contribution in [0.1, 0.15) is 10.4 Å². The minimum Gasteiger partial charge on any atom is -0.355 e. The van der Waals surface area contributed by atoms with Gasteiger partial charge < -0.3 is 10.2 Å². The van der Waals surface area contributed by atoms with E-state index in [0.717, 1.165) is 54.9 Å². The predicted molar refractivity (Wildman–Crippen MR) is 98.7 cm³/mol. The van der Waals surface area contributed by atoms with Gasteiger partial charge in [-0.1, -0.05) is 29.8 Å². The number of nitrogens with zero attached hydrogens (tertiary/aromatic N) is 2. The van der Waals surface area contributed by atoms with E-state index < -0.39 is 5.82 Å². The zero-order chi connectivity index (χ0) is 17.4. The molecule has 2 aromatic carbocycles. The molecule has 4 nitrogen and oxygen atoms in total. The first-order valence-corrected chi connectivity index (χ1v) is 8.58. The molecule has 1 aliphatic rings. The van der Waals surface area contributed by atoms with Crippen LogP contribution in [0.2, 0.25) is 5.02 Å². The lowest BCUT2D eigenvalue weighted by Gasteiger charge is -2.31. The van der Waals surface area contributed by atoms with Crippen molar-refractivity contribution in [2.24, 2.45) is 0 Å². The first-order valence-electron chi connectivity index (χ1n) is 8.20. The first-order chi connectivity index (χ1) is 12.2. The number of rotatable bonds is 3. The summed E-state index contributed by atoms with van der Waals surface area (Å²) in [6.07, 6.45) is 0.904. The van der Waals surface area contributed by atoms with E-state index in [1.54, 1.807) is 12.1 Å². The molecule has 0 spiro atoms. The Kier molecular flexibility index (Phi) is 4.19. The highest BCUT2D eigenvalue weighted by Crippen LogP contribution is 2.35. The third kappa shape index (κ3) is 2.69. The lowest BCUT2D eigenvalue weighted by atomic mass is 10.2. The Hall–Kier alpha value is -2.37. The van der Waals surface area contributed by atoms with E-state index >= 15 is 0 Å². The summed E-state index contributed by atoms with van der Waals surface area (Å²) in [4.78, 5) is 14.1. The summed E-state index contributed by atoms with van der Waals surface area (Å²) in [7, 11) is 0. The number of fused-ring (bicyclic) bond motifs is 1. The van der Waals surface area contributed by atoms with Crippen molar-refractivity contribution in [3.8, 4) is 5.69 Å². The van der Waals surface area contributed by atoms with E-state index in [1.165, 1.54) is 6.07 Å². The zero-order valence-electron chi connectivity index (χ0n) is 13.5.